The molecule has 7 heteroatoms. The normalized spacial score (nSPS) is 11.2. The van der Waals surface area contributed by atoms with Crippen LogP contribution in [0.3, 0.4) is 0 Å². The first kappa shape index (κ1) is 22.3. The highest BCUT2D eigenvalue weighted by molar-refractivity contribution is 5.80. The second kappa shape index (κ2) is 19.0. The van der Waals surface area contributed by atoms with Gasteiger partial charge in [0.15, 0.2) is 0 Å². The van der Waals surface area contributed by atoms with Gasteiger partial charge in [-0.15, -0.1) is 0 Å². The minimum Gasteiger partial charge on any atom is -0.466 e. The van der Waals surface area contributed by atoms with Crippen molar-refractivity contribution in [1.82, 2.24) is 0 Å². The van der Waals surface area contributed by atoms with E-state index in [1.54, 1.807) is 0 Å². The summed E-state index contributed by atoms with van der Waals surface area (Å²) in [6.45, 7) is 7.78. The molecule has 21 heavy (non-hydrogen) atoms. The lowest BCUT2D eigenvalue weighted by Gasteiger charge is -2.09. The molecule has 2 N–H and O–H groups in total. The maximum absolute atomic E-state index is 9.84. The summed E-state index contributed by atoms with van der Waals surface area (Å²) in [6.07, 6.45) is 1.44. The number of carbonyl (C=O) groups is 1. The Bertz CT molecular complexity index is 233. The lowest BCUT2D eigenvalue weighted by molar-refractivity contribution is -0.134. The highest BCUT2D eigenvalue weighted by Crippen LogP contribution is 1.90. The number of ether oxygens (including phenoxy) is 4. The summed E-state index contributed by atoms with van der Waals surface area (Å²) in [7, 11) is 1.31. The largest absolute Gasteiger partial charge is 0.466 e. The third-order valence-corrected chi connectivity index (χ3v) is 2.13. The maximum atomic E-state index is 9.84. The Kier molecular flexibility index (Phi) is 20.2. The van der Waals surface area contributed by atoms with Gasteiger partial charge >= 0.3 is 5.97 Å². The molecule has 0 heterocycles. The van der Waals surface area contributed by atoms with Gasteiger partial charge in [-0.3, -0.25) is 0 Å². The number of aliphatic hydroxyl groups is 2. The van der Waals surface area contributed by atoms with Crippen LogP contribution in [0.15, 0.2) is 12.7 Å². The average molecular weight is 308 g/mol. The number of esters is 1. The fourth-order valence-electron chi connectivity index (χ4n) is 0.925. The van der Waals surface area contributed by atoms with Crippen LogP contribution in [0.4, 0.5) is 0 Å². The molecular weight excluding hydrogens is 280 g/mol. The predicted molar refractivity (Wildman–Crippen MR) is 78.1 cm³/mol. The van der Waals surface area contributed by atoms with Gasteiger partial charge in [0.25, 0.3) is 0 Å². The molecule has 0 aromatic rings. The molecule has 0 rings (SSSR count). The zero-order chi connectivity index (χ0) is 16.3. The third-order valence-electron chi connectivity index (χ3n) is 2.13. The second-order valence-corrected chi connectivity index (χ2v) is 3.81. The third kappa shape index (κ3) is 21.5. The molecule has 7 nitrogen and oxygen atoms in total. The number of hydrogen-bond donors (Lipinski definition) is 2. The smallest absolute Gasteiger partial charge is 0.329 e. The van der Waals surface area contributed by atoms with E-state index in [9.17, 15) is 4.79 Å². The minimum absolute atomic E-state index is 0.0397. The highest BCUT2D eigenvalue weighted by atomic mass is 16.5. The van der Waals surface area contributed by atoms with E-state index in [-0.39, 0.29) is 12.7 Å². The lowest BCUT2D eigenvalue weighted by atomic mass is 10.3. The van der Waals surface area contributed by atoms with Gasteiger partial charge < -0.3 is 29.2 Å². The van der Waals surface area contributed by atoms with Crippen molar-refractivity contribution in [2.45, 2.75) is 19.4 Å². The summed E-state index contributed by atoms with van der Waals surface area (Å²) in [4.78, 5) is 9.84. The first-order chi connectivity index (χ1) is 10.1. The molecule has 0 saturated carbocycles. The number of hydrogen-bond acceptors (Lipinski definition) is 7. The fourth-order valence-corrected chi connectivity index (χ4v) is 0.925. The van der Waals surface area contributed by atoms with E-state index in [0.29, 0.717) is 46.1 Å². The van der Waals surface area contributed by atoms with Crippen molar-refractivity contribution in [2.24, 2.45) is 0 Å². The van der Waals surface area contributed by atoms with Crippen LogP contribution in [0.2, 0.25) is 0 Å². The van der Waals surface area contributed by atoms with E-state index in [4.69, 9.17) is 24.4 Å². The molecule has 126 valence electrons. The Morgan fingerprint density at radius 1 is 1.14 bits per heavy atom. The first-order valence-electron chi connectivity index (χ1n) is 6.84. The van der Waals surface area contributed by atoms with Crippen LogP contribution in [0, 0.1) is 0 Å². The minimum atomic E-state index is -0.394. The molecule has 1 unspecified atom stereocenters. The standard InChI is InChI=1S/C10H22O5.C4H6O2/c1-2-10(12)9-15-8-7-14-6-5-13-4-3-11;1-3-4(5)6-2/h10-12H,2-9H2,1H3;3H,1H2,2H3. The number of carbonyl (C=O) groups excluding carboxylic acids is 1. The van der Waals surface area contributed by atoms with E-state index < -0.39 is 5.97 Å². The summed E-state index contributed by atoms with van der Waals surface area (Å²) in [5.41, 5.74) is 0. The van der Waals surface area contributed by atoms with Crippen molar-refractivity contribution in [2.75, 3.05) is 53.4 Å². The zero-order valence-corrected chi connectivity index (χ0v) is 13.0. The van der Waals surface area contributed by atoms with Crippen LogP contribution in [0.5, 0.6) is 0 Å². The lowest BCUT2D eigenvalue weighted by Crippen LogP contribution is -2.17. The Balaban J connectivity index is 0. The Morgan fingerprint density at radius 2 is 1.67 bits per heavy atom. The molecule has 0 aliphatic carbocycles. The van der Waals surface area contributed by atoms with E-state index in [1.165, 1.54) is 7.11 Å². The SMILES string of the molecule is C=CC(=O)OC.CCC(O)COCCOCCOCCO. The number of methoxy groups -OCH3 is 1. The van der Waals surface area contributed by atoms with Gasteiger partial charge in [0.2, 0.25) is 0 Å². The topological polar surface area (TPSA) is 94.5 Å². The molecule has 0 aliphatic heterocycles. The predicted octanol–water partition coefficient (Wildman–Crippen LogP) is 0.145. The number of aliphatic hydroxyl groups excluding tert-OH is 2. The summed E-state index contributed by atoms with van der Waals surface area (Å²) in [6, 6.07) is 0. The van der Waals surface area contributed by atoms with Crippen molar-refractivity contribution >= 4 is 5.97 Å². The van der Waals surface area contributed by atoms with Crippen molar-refractivity contribution in [3.63, 3.8) is 0 Å². The van der Waals surface area contributed by atoms with Gasteiger partial charge in [-0.1, -0.05) is 13.5 Å². The quantitative estimate of drug-likeness (QED) is 0.301. The first-order valence-corrected chi connectivity index (χ1v) is 6.84. The van der Waals surface area contributed by atoms with Crippen LogP contribution < -0.4 is 0 Å². The van der Waals surface area contributed by atoms with E-state index in [1.807, 2.05) is 6.92 Å². The molecule has 1 atom stereocenters. The summed E-state index contributed by atoms with van der Waals surface area (Å²) >= 11 is 0. The molecule has 0 aliphatic rings. The molecule has 0 saturated heterocycles. The highest BCUT2D eigenvalue weighted by Gasteiger charge is 1.99. The average Bonchev–Trinajstić information content (AvgIpc) is 2.52. The number of rotatable bonds is 12. The fraction of sp³-hybridized carbons (Fsp3) is 0.786. The molecule has 0 spiro atoms. The zero-order valence-electron chi connectivity index (χ0n) is 13.0. The van der Waals surface area contributed by atoms with Gasteiger partial charge in [0.1, 0.15) is 0 Å². The van der Waals surface area contributed by atoms with Gasteiger partial charge in [0.05, 0.1) is 59.5 Å². The van der Waals surface area contributed by atoms with Gasteiger partial charge in [-0.05, 0) is 6.42 Å². The Hall–Kier alpha value is -0.990. The molecule has 0 aromatic carbocycles. The van der Waals surface area contributed by atoms with E-state index in [0.717, 1.165) is 6.08 Å². The molecule has 0 radical (unpaired) electrons. The Labute approximate surface area is 126 Å². The van der Waals surface area contributed by atoms with Gasteiger partial charge in [-0.2, -0.15) is 0 Å². The second-order valence-electron chi connectivity index (χ2n) is 3.81. The monoisotopic (exact) mass is 308 g/mol. The van der Waals surface area contributed by atoms with Crippen molar-refractivity contribution in [3.8, 4) is 0 Å². The molecular formula is C14H28O7. The maximum Gasteiger partial charge on any atom is 0.329 e. The molecule has 0 bridgehead atoms. The van der Waals surface area contributed by atoms with Crippen LogP contribution in [-0.2, 0) is 23.7 Å². The van der Waals surface area contributed by atoms with Crippen molar-refractivity contribution in [1.29, 1.82) is 0 Å². The molecule has 0 aromatic heterocycles. The van der Waals surface area contributed by atoms with Crippen LogP contribution >= 0.6 is 0 Å². The summed E-state index contributed by atoms with van der Waals surface area (Å²) < 4.78 is 19.5. The van der Waals surface area contributed by atoms with Crippen LogP contribution in [0.25, 0.3) is 0 Å². The van der Waals surface area contributed by atoms with Crippen molar-refractivity contribution < 1.29 is 34.0 Å². The van der Waals surface area contributed by atoms with Crippen molar-refractivity contribution in [3.05, 3.63) is 12.7 Å². The molecule has 0 amide bonds. The Morgan fingerprint density at radius 3 is 2.05 bits per heavy atom. The van der Waals surface area contributed by atoms with Crippen LogP contribution in [0.1, 0.15) is 13.3 Å². The summed E-state index contributed by atoms with van der Waals surface area (Å²) in [5, 5.41) is 17.6. The van der Waals surface area contributed by atoms with Crippen LogP contribution in [-0.4, -0.2) is 75.6 Å². The summed E-state index contributed by atoms with van der Waals surface area (Å²) in [5.74, 6) is -0.394. The van der Waals surface area contributed by atoms with Gasteiger partial charge in [-0.25, -0.2) is 4.79 Å². The van der Waals surface area contributed by atoms with E-state index >= 15 is 0 Å². The van der Waals surface area contributed by atoms with Gasteiger partial charge in [0, 0.05) is 6.08 Å². The molecule has 0 fully saturated rings. The van der Waals surface area contributed by atoms with E-state index in [2.05, 4.69) is 11.3 Å².